The Morgan fingerprint density at radius 2 is 1.88 bits per heavy atom. The number of aliphatic hydroxyl groups is 1. The number of ether oxygens (including phenoxy) is 1. The molecular weight excluding hydrogens is 385 g/mol. The SMILES string of the molecule is COc1ccc(C(=O)[C@@H](O)[C@@H]2C(=O)N3[C@@H]2SC(C)(C)[C@@H]3C(=O)[O-])cc1.[K+]. The van der Waals surface area contributed by atoms with Crippen LogP contribution in [0.15, 0.2) is 24.3 Å². The number of carbonyl (C=O) groups is 3. The summed E-state index contributed by atoms with van der Waals surface area (Å²) < 4.78 is 4.27. The maximum absolute atomic E-state index is 12.5. The Morgan fingerprint density at radius 1 is 1.31 bits per heavy atom. The van der Waals surface area contributed by atoms with Crippen molar-refractivity contribution in [1.82, 2.24) is 4.90 Å². The largest absolute Gasteiger partial charge is 1.00 e. The summed E-state index contributed by atoms with van der Waals surface area (Å²) in [6.07, 6.45) is -1.52. The number of nitrogens with zero attached hydrogens (tertiary/aromatic N) is 1. The number of carbonyl (C=O) groups excluding carboxylic acids is 3. The van der Waals surface area contributed by atoms with E-state index in [-0.39, 0.29) is 56.9 Å². The first-order chi connectivity index (χ1) is 11.7. The number of benzene rings is 1. The number of carboxylic acids is 1. The minimum absolute atomic E-state index is 0. The first-order valence-electron chi connectivity index (χ1n) is 7.76. The molecule has 0 unspecified atom stereocenters. The normalized spacial score (nSPS) is 27.0. The number of rotatable bonds is 5. The second kappa shape index (κ2) is 7.90. The monoisotopic (exact) mass is 403 g/mol. The molecule has 0 radical (unpaired) electrons. The van der Waals surface area contributed by atoms with Crippen LogP contribution in [0.2, 0.25) is 0 Å². The second-order valence-electron chi connectivity index (χ2n) is 6.64. The van der Waals surface area contributed by atoms with Crippen LogP contribution in [-0.2, 0) is 9.59 Å². The third kappa shape index (κ3) is 3.50. The van der Waals surface area contributed by atoms with Crippen LogP contribution in [0.25, 0.3) is 0 Å². The van der Waals surface area contributed by atoms with E-state index < -0.39 is 45.8 Å². The summed E-state index contributed by atoms with van der Waals surface area (Å²) in [7, 11) is 1.50. The molecule has 0 spiro atoms. The molecule has 4 atom stereocenters. The summed E-state index contributed by atoms with van der Waals surface area (Å²) in [5, 5.41) is 21.3. The van der Waals surface area contributed by atoms with Gasteiger partial charge in [0.15, 0.2) is 5.78 Å². The predicted octanol–water partition coefficient (Wildman–Crippen LogP) is -3.33. The molecule has 1 aromatic rings. The summed E-state index contributed by atoms with van der Waals surface area (Å²) in [5.41, 5.74) is 0.262. The fraction of sp³-hybridized carbons (Fsp3) is 0.471. The minimum atomic E-state index is -1.52. The van der Waals surface area contributed by atoms with Crippen molar-refractivity contribution in [3.63, 3.8) is 0 Å². The van der Waals surface area contributed by atoms with Crippen molar-refractivity contribution < 1.29 is 80.7 Å². The summed E-state index contributed by atoms with van der Waals surface area (Å²) in [6, 6.07) is 5.14. The van der Waals surface area contributed by atoms with Crippen LogP contribution < -0.4 is 61.2 Å². The van der Waals surface area contributed by atoms with Crippen molar-refractivity contribution in [3.05, 3.63) is 29.8 Å². The molecule has 2 saturated heterocycles. The summed E-state index contributed by atoms with van der Waals surface area (Å²) in [4.78, 5) is 37.5. The van der Waals surface area contributed by atoms with Crippen molar-refractivity contribution in [3.8, 4) is 5.75 Å². The first-order valence-corrected chi connectivity index (χ1v) is 8.64. The number of hydrogen-bond acceptors (Lipinski definition) is 7. The van der Waals surface area contributed by atoms with Gasteiger partial charge in [-0.15, -0.1) is 11.8 Å². The summed E-state index contributed by atoms with van der Waals surface area (Å²) in [6.45, 7) is 3.41. The summed E-state index contributed by atoms with van der Waals surface area (Å²) in [5.74, 6) is -2.82. The topological polar surface area (TPSA) is 107 Å². The first kappa shape index (κ1) is 21.9. The van der Waals surface area contributed by atoms with Crippen LogP contribution in [0, 0.1) is 5.92 Å². The number of carboxylic acid groups (broad SMARTS) is 1. The van der Waals surface area contributed by atoms with Gasteiger partial charge in [-0.3, -0.25) is 9.59 Å². The molecule has 3 rings (SSSR count). The van der Waals surface area contributed by atoms with Gasteiger partial charge in [0.2, 0.25) is 5.91 Å². The van der Waals surface area contributed by atoms with Crippen molar-refractivity contribution in [2.45, 2.75) is 36.1 Å². The number of ketones is 1. The molecule has 1 amide bonds. The van der Waals surface area contributed by atoms with E-state index >= 15 is 0 Å². The van der Waals surface area contributed by atoms with Crippen LogP contribution in [0.3, 0.4) is 0 Å². The number of thioether (sulfide) groups is 1. The van der Waals surface area contributed by atoms with Crippen LogP contribution in [0.5, 0.6) is 5.75 Å². The number of fused-ring (bicyclic) bond motifs is 1. The van der Waals surface area contributed by atoms with E-state index in [1.807, 2.05) is 0 Å². The number of β-lactam (4-membered cyclic amide) rings is 1. The molecule has 0 bridgehead atoms. The Bertz CT molecular complexity index is 737. The van der Waals surface area contributed by atoms with E-state index in [4.69, 9.17) is 4.74 Å². The van der Waals surface area contributed by atoms with E-state index in [0.29, 0.717) is 5.75 Å². The predicted molar refractivity (Wildman–Crippen MR) is 87.9 cm³/mol. The second-order valence-corrected chi connectivity index (χ2v) is 8.41. The average molecular weight is 403 g/mol. The van der Waals surface area contributed by atoms with Gasteiger partial charge < -0.3 is 24.6 Å². The van der Waals surface area contributed by atoms with Crippen molar-refractivity contribution in [2.75, 3.05) is 7.11 Å². The maximum Gasteiger partial charge on any atom is 1.00 e. The van der Waals surface area contributed by atoms with Gasteiger partial charge in [-0.05, 0) is 38.1 Å². The number of aliphatic carboxylic acids is 1. The van der Waals surface area contributed by atoms with Gasteiger partial charge in [-0.2, -0.15) is 0 Å². The van der Waals surface area contributed by atoms with E-state index in [1.165, 1.54) is 35.9 Å². The fourth-order valence-electron chi connectivity index (χ4n) is 3.40. The number of Topliss-reactive ketones (excluding diaryl/α,β-unsaturated/α-hetero) is 1. The molecular formula is C17H18KNO6S. The van der Waals surface area contributed by atoms with Crippen molar-refractivity contribution in [1.29, 1.82) is 0 Å². The minimum Gasteiger partial charge on any atom is -0.548 e. The standard InChI is InChI=1S/C17H19NO6S.K/c1-17(2)13(16(22)23)18-14(21)10(15(18)25-17)12(20)11(19)8-4-6-9(24-3)7-5-8;/h4-7,10,12-13,15,20H,1-3H3,(H,22,23);/q;+1/p-1/t10-,12+,13+,15-;/m1./s1. The number of methoxy groups -OCH3 is 1. The Kier molecular flexibility index (Phi) is 6.65. The van der Waals surface area contributed by atoms with Crippen LogP contribution in [0.4, 0.5) is 0 Å². The molecule has 1 N–H and O–H groups in total. The zero-order valence-electron chi connectivity index (χ0n) is 15.0. The van der Waals surface area contributed by atoms with Crippen LogP contribution in [0.1, 0.15) is 24.2 Å². The van der Waals surface area contributed by atoms with Crippen molar-refractivity contribution in [2.24, 2.45) is 5.92 Å². The van der Waals surface area contributed by atoms with Gasteiger partial charge in [0.25, 0.3) is 0 Å². The van der Waals surface area contributed by atoms with Crippen molar-refractivity contribution >= 4 is 29.4 Å². The van der Waals surface area contributed by atoms with Gasteiger partial charge in [0.05, 0.1) is 24.5 Å². The van der Waals surface area contributed by atoms with Gasteiger partial charge in [0, 0.05) is 10.3 Å². The zero-order valence-corrected chi connectivity index (χ0v) is 18.9. The number of amides is 1. The fourth-order valence-corrected chi connectivity index (χ4v) is 5.11. The number of hydrogen-bond donors (Lipinski definition) is 1. The third-order valence-corrected chi connectivity index (χ3v) is 6.28. The zero-order chi connectivity index (χ0) is 18.5. The Labute approximate surface area is 197 Å². The molecule has 134 valence electrons. The van der Waals surface area contributed by atoms with E-state index in [2.05, 4.69) is 0 Å². The third-order valence-electron chi connectivity index (χ3n) is 4.69. The molecule has 7 nitrogen and oxygen atoms in total. The van der Waals surface area contributed by atoms with E-state index in [0.717, 1.165) is 0 Å². The van der Waals surface area contributed by atoms with E-state index in [9.17, 15) is 24.6 Å². The molecule has 2 heterocycles. The molecule has 2 fully saturated rings. The molecule has 2 aliphatic heterocycles. The maximum atomic E-state index is 12.5. The Hall–Kier alpha value is -0.424. The molecule has 9 heteroatoms. The van der Waals surface area contributed by atoms with Crippen LogP contribution in [-0.4, -0.2) is 57.0 Å². The van der Waals surface area contributed by atoms with E-state index in [1.54, 1.807) is 26.0 Å². The quantitative estimate of drug-likeness (QED) is 0.311. The van der Waals surface area contributed by atoms with Gasteiger partial charge >= 0.3 is 51.4 Å². The smallest absolute Gasteiger partial charge is 0.548 e. The Balaban J connectivity index is 0.00000243. The molecule has 26 heavy (non-hydrogen) atoms. The molecule has 0 saturated carbocycles. The molecule has 0 aromatic heterocycles. The molecule has 2 aliphatic rings. The van der Waals surface area contributed by atoms with Crippen LogP contribution >= 0.6 is 11.8 Å². The Morgan fingerprint density at radius 3 is 2.38 bits per heavy atom. The van der Waals surface area contributed by atoms with Gasteiger partial charge in [0.1, 0.15) is 17.8 Å². The van der Waals surface area contributed by atoms with Gasteiger partial charge in [-0.1, -0.05) is 0 Å². The van der Waals surface area contributed by atoms with Gasteiger partial charge in [-0.25, -0.2) is 0 Å². The molecule has 1 aromatic carbocycles. The average Bonchev–Trinajstić information content (AvgIpc) is 2.82. The molecule has 0 aliphatic carbocycles. The summed E-state index contributed by atoms with van der Waals surface area (Å²) >= 11 is 1.26. The number of aliphatic hydroxyl groups excluding tert-OH is 1.